The summed E-state index contributed by atoms with van der Waals surface area (Å²) < 4.78 is 0. The third kappa shape index (κ3) is 4.24. The second-order valence-electron chi connectivity index (χ2n) is 7.30. The molecule has 2 amide bonds. The first kappa shape index (κ1) is 20.4. The molecular weight excluding hydrogens is 376 g/mol. The maximum Gasteiger partial charge on any atom is 0.243 e. The molecule has 0 radical (unpaired) electrons. The molecule has 2 unspecified atom stereocenters. The summed E-state index contributed by atoms with van der Waals surface area (Å²) in [5.74, 6) is -0.603. The number of aliphatic hydroxyl groups excluding tert-OH is 1. The van der Waals surface area contributed by atoms with E-state index >= 15 is 0 Å². The SMILES string of the molecule is Cc1ncsc1-c1ccc(C(C)NC(=O)[C@@H]2C[C@@H](O)CN2C(=O)C(C)N)cc1. The number of nitrogens with zero attached hydrogens (tertiary/aromatic N) is 2. The topological polar surface area (TPSA) is 109 Å². The lowest BCUT2D eigenvalue weighted by Gasteiger charge is -2.26. The number of nitrogens with two attached hydrogens (primary N) is 1. The van der Waals surface area contributed by atoms with Crippen molar-refractivity contribution in [2.45, 2.75) is 51.4 Å². The van der Waals surface area contributed by atoms with Crippen molar-refractivity contribution in [1.82, 2.24) is 15.2 Å². The Hall–Kier alpha value is -2.29. The van der Waals surface area contributed by atoms with Crippen molar-refractivity contribution in [3.05, 3.63) is 41.0 Å². The highest BCUT2D eigenvalue weighted by atomic mass is 32.1. The molecule has 0 spiro atoms. The van der Waals surface area contributed by atoms with E-state index in [-0.39, 0.29) is 30.8 Å². The molecule has 1 aliphatic rings. The molecule has 2 aromatic rings. The summed E-state index contributed by atoms with van der Waals surface area (Å²) in [7, 11) is 0. The standard InChI is InChI=1S/C20H26N4O3S/c1-11(21)20(27)24-9-16(25)8-17(24)19(26)23-12(2)14-4-6-15(7-5-14)18-13(3)22-10-28-18/h4-7,10-12,16-17,25H,8-9,21H2,1-3H3,(H,23,26)/t11?,12?,16-,17+/m1/s1. The Morgan fingerprint density at radius 2 is 2.00 bits per heavy atom. The molecule has 8 heteroatoms. The molecule has 0 saturated carbocycles. The smallest absolute Gasteiger partial charge is 0.243 e. The van der Waals surface area contributed by atoms with Crippen LogP contribution in [-0.2, 0) is 9.59 Å². The number of aliphatic hydroxyl groups is 1. The number of rotatable bonds is 5. The molecule has 1 saturated heterocycles. The number of aromatic nitrogens is 1. The van der Waals surface area contributed by atoms with Gasteiger partial charge in [-0.15, -0.1) is 11.3 Å². The first-order chi connectivity index (χ1) is 13.3. The third-order valence-electron chi connectivity index (χ3n) is 5.03. The van der Waals surface area contributed by atoms with Gasteiger partial charge in [-0.2, -0.15) is 0 Å². The Labute approximate surface area is 168 Å². The van der Waals surface area contributed by atoms with Gasteiger partial charge in [-0.3, -0.25) is 9.59 Å². The molecule has 1 aliphatic heterocycles. The zero-order valence-electron chi connectivity index (χ0n) is 16.3. The number of thiazole rings is 1. The monoisotopic (exact) mass is 402 g/mol. The Bertz CT molecular complexity index is 849. The number of hydrogen-bond donors (Lipinski definition) is 3. The van der Waals surface area contributed by atoms with Crippen LogP contribution in [0.3, 0.4) is 0 Å². The number of β-amino-alcohol motifs (C(OH)–C–C–N with tert-alkyl or cyclic N) is 1. The van der Waals surface area contributed by atoms with Crippen molar-refractivity contribution in [1.29, 1.82) is 0 Å². The van der Waals surface area contributed by atoms with Gasteiger partial charge in [-0.1, -0.05) is 24.3 Å². The number of hydrogen-bond acceptors (Lipinski definition) is 6. The first-order valence-corrected chi connectivity index (χ1v) is 10.2. The molecule has 1 aromatic heterocycles. The van der Waals surface area contributed by atoms with Crippen LogP contribution in [0.5, 0.6) is 0 Å². The zero-order valence-corrected chi connectivity index (χ0v) is 17.1. The molecule has 4 N–H and O–H groups in total. The van der Waals surface area contributed by atoms with Gasteiger partial charge >= 0.3 is 0 Å². The maximum absolute atomic E-state index is 12.7. The lowest BCUT2D eigenvalue weighted by atomic mass is 10.0. The molecule has 2 heterocycles. The lowest BCUT2D eigenvalue weighted by molar-refractivity contribution is -0.139. The van der Waals surface area contributed by atoms with E-state index < -0.39 is 18.2 Å². The van der Waals surface area contributed by atoms with Crippen LogP contribution < -0.4 is 11.1 Å². The predicted molar refractivity (Wildman–Crippen MR) is 109 cm³/mol. The van der Waals surface area contributed by atoms with Crippen LogP contribution in [-0.4, -0.2) is 51.5 Å². The summed E-state index contributed by atoms with van der Waals surface area (Å²) in [6.07, 6.45) is -0.490. The van der Waals surface area contributed by atoms with E-state index in [9.17, 15) is 14.7 Å². The largest absolute Gasteiger partial charge is 0.391 e. The summed E-state index contributed by atoms with van der Waals surface area (Å²) in [6.45, 7) is 5.59. The lowest BCUT2D eigenvalue weighted by Crippen LogP contribution is -2.50. The van der Waals surface area contributed by atoms with Crippen LogP contribution in [0.2, 0.25) is 0 Å². The van der Waals surface area contributed by atoms with E-state index in [0.717, 1.165) is 21.7 Å². The molecule has 3 rings (SSSR count). The van der Waals surface area contributed by atoms with Crippen molar-refractivity contribution in [2.75, 3.05) is 6.54 Å². The highest BCUT2D eigenvalue weighted by molar-refractivity contribution is 7.13. The third-order valence-corrected chi connectivity index (χ3v) is 6.01. The van der Waals surface area contributed by atoms with E-state index in [1.165, 1.54) is 4.90 Å². The van der Waals surface area contributed by atoms with Crippen molar-refractivity contribution >= 4 is 23.2 Å². The molecule has 0 aliphatic carbocycles. The number of amides is 2. The molecule has 1 aromatic carbocycles. The second kappa shape index (κ2) is 8.38. The molecular formula is C20H26N4O3S. The number of carbonyl (C=O) groups is 2. The minimum absolute atomic E-state index is 0.135. The van der Waals surface area contributed by atoms with E-state index in [1.54, 1.807) is 18.3 Å². The van der Waals surface area contributed by atoms with Crippen molar-refractivity contribution < 1.29 is 14.7 Å². The first-order valence-electron chi connectivity index (χ1n) is 9.32. The summed E-state index contributed by atoms with van der Waals surface area (Å²) in [5, 5.41) is 12.9. The molecule has 150 valence electrons. The van der Waals surface area contributed by atoms with E-state index in [1.807, 2.05) is 43.6 Å². The van der Waals surface area contributed by atoms with Crippen LogP contribution in [0.1, 0.15) is 37.6 Å². The number of carbonyl (C=O) groups excluding carboxylic acids is 2. The number of likely N-dealkylation sites (tertiary alicyclic amines) is 1. The molecule has 7 nitrogen and oxygen atoms in total. The van der Waals surface area contributed by atoms with E-state index in [2.05, 4.69) is 10.3 Å². The molecule has 1 fully saturated rings. The highest BCUT2D eigenvalue weighted by Crippen LogP contribution is 2.28. The number of aryl methyl sites for hydroxylation is 1. The Kier molecular flexibility index (Phi) is 6.12. The van der Waals surface area contributed by atoms with Gasteiger partial charge in [0.2, 0.25) is 11.8 Å². The predicted octanol–water partition coefficient (Wildman–Crippen LogP) is 1.60. The van der Waals surface area contributed by atoms with Gasteiger partial charge in [-0.25, -0.2) is 4.98 Å². The van der Waals surface area contributed by atoms with Crippen LogP contribution in [0, 0.1) is 6.92 Å². The van der Waals surface area contributed by atoms with Gasteiger partial charge in [0.1, 0.15) is 6.04 Å². The second-order valence-corrected chi connectivity index (χ2v) is 8.16. The summed E-state index contributed by atoms with van der Waals surface area (Å²) in [6, 6.07) is 6.36. The van der Waals surface area contributed by atoms with Gasteiger partial charge < -0.3 is 21.1 Å². The summed E-state index contributed by atoms with van der Waals surface area (Å²) in [5.41, 5.74) is 10.6. The van der Waals surface area contributed by atoms with Crippen LogP contribution in [0.4, 0.5) is 0 Å². The van der Waals surface area contributed by atoms with Crippen molar-refractivity contribution in [3.8, 4) is 10.4 Å². The van der Waals surface area contributed by atoms with Gasteiger partial charge in [0, 0.05) is 13.0 Å². The Morgan fingerprint density at radius 1 is 1.32 bits per heavy atom. The quantitative estimate of drug-likeness (QED) is 0.704. The van der Waals surface area contributed by atoms with Crippen LogP contribution >= 0.6 is 11.3 Å². The summed E-state index contributed by atoms with van der Waals surface area (Å²) >= 11 is 1.60. The van der Waals surface area contributed by atoms with E-state index in [4.69, 9.17) is 5.73 Å². The van der Waals surface area contributed by atoms with E-state index in [0.29, 0.717) is 0 Å². The van der Waals surface area contributed by atoms with Gasteiger partial charge in [0.15, 0.2) is 0 Å². The zero-order chi connectivity index (χ0) is 20.4. The Balaban J connectivity index is 1.68. The van der Waals surface area contributed by atoms with Crippen LogP contribution in [0.25, 0.3) is 10.4 Å². The normalized spacial score (nSPS) is 21.4. The average molecular weight is 403 g/mol. The van der Waals surface area contributed by atoms with Crippen molar-refractivity contribution in [2.24, 2.45) is 5.73 Å². The molecule has 28 heavy (non-hydrogen) atoms. The van der Waals surface area contributed by atoms with Gasteiger partial charge in [-0.05, 0) is 31.9 Å². The maximum atomic E-state index is 12.7. The molecule has 4 atom stereocenters. The fourth-order valence-electron chi connectivity index (χ4n) is 3.46. The average Bonchev–Trinajstić information content (AvgIpc) is 3.26. The minimum Gasteiger partial charge on any atom is -0.391 e. The fraction of sp³-hybridized carbons (Fsp3) is 0.450. The number of benzene rings is 1. The number of nitrogens with one attached hydrogen (secondary N) is 1. The van der Waals surface area contributed by atoms with Gasteiger partial charge in [0.25, 0.3) is 0 Å². The molecule has 0 bridgehead atoms. The Morgan fingerprint density at radius 3 is 2.57 bits per heavy atom. The van der Waals surface area contributed by atoms with Crippen molar-refractivity contribution in [3.63, 3.8) is 0 Å². The highest BCUT2D eigenvalue weighted by Gasteiger charge is 2.39. The van der Waals surface area contributed by atoms with Crippen LogP contribution in [0.15, 0.2) is 29.8 Å². The van der Waals surface area contributed by atoms with Gasteiger partial charge in [0.05, 0.1) is 34.3 Å². The summed E-state index contributed by atoms with van der Waals surface area (Å²) in [4.78, 5) is 31.8. The minimum atomic E-state index is -0.712. The fourth-order valence-corrected chi connectivity index (χ4v) is 4.27.